The number of benzene rings is 1. The van der Waals surface area contributed by atoms with Crippen LogP contribution in [0.1, 0.15) is 5.69 Å². The Kier molecular flexibility index (Phi) is 3.60. The van der Waals surface area contributed by atoms with Crippen molar-refractivity contribution in [2.24, 2.45) is 5.73 Å². The summed E-state index contributed by atoms with van der Waals surface area (Å²) in [5.74, 6) is 0. The Morgan fingerprint density at radius 1 is 1.33 bits per heavy atom. The zero-order valence-electron chi connectivity index (χ0n) is 9.35. The number of aromatic nitrogens is 1. The van der Waals surface area contributed by atoms with Crippen LogP contribution in [0.4, 0.5) is 5.69 Å². The number of halogens is 1. The van der Waals surface area contributed by atoms with Crippen molar-refractivity contribution in [3.05, 3.63) is 47.2 Å². The van der Waals surface area contributed by atoms with E-state index in [0.29, 0.717) is 16.4 Å². The van der Waals surface area contributed by atoms with Gasteiger partial charge in [-0.2, -0.15) is 0 Å². The zero-order chi connectivity index (χ0) is 13.2. The molecule has 1 heterocycles. The Hall–Kier alpha value is -1.50. The standard InChI is InChI=1S/C11H12ClN3O2S/c12-8-2-1-3-9(4-8)15-18(16,17)11-5-10(6-13)14-7-11/h1-5,7,14-15H,6,13H2. The molecule has 2 aromatic rings. The number of H-pyrrole nitrogens is 1. The second kappa shape index (κ2) is 5.01. The molecule has 0 amide bonds. The van der Waals surface area contributed by atoms with E-state index in [4.69, 9.17) is 17.3 Å². The molecular weight excluding hydrogens is 274 g/mol. The highest BCUT2D eigenvalue weighted by molar-refractivity contribution is 7.92. The van der Waals surface area contributed by atoms with Gasteiger partial charge in [-0.1, -0.05) is 17.7 Å². The fraction of sp³-hybridized carbons (Fsp3) is 0.0909. The number of nitrogens with two attached hydrogens (primary N) is 1. The van der Waals surface area contributed by atoms with Gasteiger partial charge in [0, 0.05) is 23.5 Å². The van der Waals surface area contributed by atoms with Gasteiger partial charge in [0.25, 0.3) is 10.0 Å². The second-order valence-corrected chi connectivity index (χ2v) is 5.80. The van der Waals surface area contributed by atoms with Gasteiger partial charge in [0.2, 0.25) is 0 Å². The number of sulfonamides is 1. The summed E-state index contributed by atoms with van der Waals surface area (Å²) in [6.07, 6.45) is 1.40. The molecule has 0 atom stereocenters. The minimum absolute atomic E-state index is 0.142. The van der Waals surface area contributed by atoms with Crippen LogP contribution in [-0.4, -0.2) is 13.4 Å². The quantitative estimate of drug-likeness (QED) is 0.802. The molecular formula is C11H12ClN3O2S. The maximum atomic E-state index is 12.0. The highest BCUT2D eigenvalue weighted by atomic mass is 35.5. The minimum atomic E-state index is -3.61. The Bertz CT molecular complexity index is 652. The smallest absolute Gasteiger partial charge is 0.263 e. The van der Waals surface area contributed by atoms with Crippen LogP contribution in [0.15, 0.2) is 41.4 Å². The van der Waals surface area contributed by atoms with Crippen molar-refractivity contribution in [1.82, 2.24) is 4.98 Å². The van der Waals surface area contributed by atoms with Crippen LogP contribution < -0.4 is 10.5 Å². The van der Waals surface area contributed by atoms with E-state index >= 15 is 0 Å². The molecule has 0 saturated heterocycles. The number of hydrogen-bond acceptors (Lipinski definition) is 3. The number of hydrogen-bond donors (Lipinski definition) is 3. The van der Waals surface area contributed by atoms with Crippen molar-refractivity contribution >= 4 is 27.3 Å². The summed E-state index contributed by atoms with van der Waals surface area (Å²) in [7, 11) is -3.61. The number of rotatable bonds is 4. The normalized spacial score (nSPS) is 11.4. The van der Waals surface area contributed by atoms with Gasteiger partial charge in [-0.05, 0) is 24.3 Å². The topological polar surface area (TPSA) is 88.0 Å². The summed E-state index contributed by atoms with van der Waals surface area (Å²) >= 11 is 5.79. The summed E-state index contributed by atoms with van der Waals surface area (Å²) in [5, 5.41) is 0.465. The molecule has 96 valence electrons. The predicted molar refractivity (Wildman–Crippen MR) is 70.9 cm³/mol. The van der Waals surface area contributed by atoms with Crippen LogP contribution in [0.3, 0.4) is 0 Å². The predicted octanol–water partition coefficient (Wildman–Crippen LogP) is 1.93. The van der Waals surface area contributed by atoms with Crippen LogP contribution >= 0.6 is 11.6 Å². The fourth-order valence-electron chi connectivity index (χ4n) is 1.46. The van der Waals surface area contributed by atoms with Crippen LogP contribution in [0.5, 0.6) is 0 Å². The van der Waals surface area contributed by atoms with Crippen molar-refractivity contribution in [2.75, 3.05) is 4.72 Å². The van der Waals surface area contributed by atoms with Gasteiger partial charge in [-0.15, -0.1) is 0 Å². The Morgan fingerprint density at radius 3 is 2.72 bits per heavy atom. The highest BCUT2D eigenvalue weighted by Crippen LogP contribution is 2.19. The van der Waals surface area contributed by atoms with Gasteiger partial charge in [0.05, 0.1) is 5.69 Å². The van der Waals surface area contributed by atoms with Gasteiger partial charge in [0.15, 0.2) is 0 Å². The molecule has 0 fully saturated rings. The van der Waals surface area contributed by atoms with Crippen LogP contribution in [0.25, 0.3) is 0 Å². The Morgan fingerprint density at radius 2 is 2.11 bits per heavy atom. The lowest BCUT2D eigenvalue weighted by atomic mass is 10.3. The van der Waals surface area contributed by atoms with Crippen LogP contribution in [-0.2, 0) is 16.6 Å². The first kappa shape index (κ1) is 12.9. The van der Waals surface area contributed by atoms with Gasteiger partial charge in [-0.3, -0.25) is 4.72 Å². The van der Waals surface area contributed by atoms with E-state index in [0.717, 1.165) is 0 Å². The highest BCUT2D eigenvalue weighted by Gasteiger charge is 2.15. The SMILES string of the molecule is NCc1cc(S(=O)(=O)Nc2cccc(Cl)c2)c[nH]1. The van der Waals surface area contributed by atoms with E-state index in [1.807, 2.05) is 0 Å². The molecule has 4 N–H and O–H groups in total. The van der Waals surface area contributed by atoms with Crippen molar-refractivity contribution in [1.29, 1.82) is 0 Å². The zero-order valence-corrected chi connectivity index (χ0v) is 10.9. The number of anilines is 1. The lowest BCUT2D eigenvalue weighted by molar-refractivity contribution is 0.601. The van der Waals surface area contributed by atoms with E-state index in [1.54, 1.807) is 18.2 Å². The van der Waals surface area contributed by atoms with Crippen molar-refractivity contribution in [2.45, 2.75) is 11.4 Å². The number of aromatic amines is 1. The molecule has 0 spiro atoms. The third kappa shape index (κ3) is 2.84. The molecule has 1 aromatic heterocycles. The molecule has 7 heteroatoms. The van der Waals surface area contributed by atoms with E-state index in [1.165, 1.54) is 18.3 Å². The lowest BCUT2D eigenvalue weighted by Gasteiger charge is -2.06. The molecule has 0 bridgehead atoms. The van der Waals surface area contributed by atoms with E-state index in [-0.39, 0.29) is 11.4 Å². The Balaban J connectivity index is 2.27. The maximum absolute atomic E-state index is 12.0. The summed E-state index contributed by atoms with van der Waals surface area (Å²) in [6, 6.07) is 7.99. The van der Waals surface area contributed by atoms with Gasteiger partial charge >= 0.3 is 0 Å². The van der Waals surface area contributed by atoms with Crippen LogP contribution in [0, 0.1) is 0 Å². The summed E-state index contributed by atoms with van der Waals surface area (Å²) in [4.78, 5) is 2.93. The lowest BCUT2D eigenvalue weighted by Crippen LogP contribution is -2.12. The monoisotopic (exact) mass is 285 g/mol. The molecule has 0 radical (unpaired) electrons. The summed E-state index contributed by atoms with van der Waals surface area (Å²) < 4.78 is 26.5. The van der Waals surface area contributed by atoms with E-state index in [9.17, 15) is 8.42 Å². The molecule has 0 saturated carbocycles. The first-order chi connectivity index (χ1) is 8.51. The van der Waals surface area contributed by atoms with Crippen molar-refractivity contribution in [3.8, 4) is 0 Å². The van der Waals surface area contributed by atoms with Crippen LogP contribution in [0.2, 0.25) is 5.02 Å². The summed E-state index contributed by atoms with van der Waals surface area (Å²) in [5.41, 5.74) is 6.48. The van der Waals surface area contributed by atoms with Gasteiger partial charge in [0.1, 0.15) is 4.90 Å². The first-order valence-corrected chi connectivity index (χ1v) is 7.03. The second-order valence-electron chi connectivity index (χ2n) is 3.68. The molecule has 1 aromatic carbocycles. The van der Waals surface area contributed by atoms with Gasteiger partial charge < -0.3 is 10.7 Å². The molecule has 2 rings (SSSR count). The van der Waals surface area contributed by atoms with E-state index < -0.39 is 10.0 Å². The van der Waals surface area contributed by atoms with Gasteiger partial charge in [-0.25, -0.2) is 8.42 Å². The molecule has 0 aliphatic rings. The Labute approximate surface area is 110 Å². The average Bonchev–Trinajstić information content (AvgIpc) is 2.77. The maximum Gasteiger partial charge on any atom is 0.263 e. The first-order valence-electron chi connectivity index (χ1n) is 5.17. The third-order valence-electron chi connectivity index (χ3n) is 2.32. The third-order valence-corrected chi connectivity index (χ3v) is 3.92. The number of nitrogens with one attached hydrogen (secondary N) is 2. The van der Waals surface area contributed by atoms with Crippen molar-refractivity contribution < 1.29 is 8.42 Å². The largest absolute Gasteiger partial charge is 0.363 e. The molecule has 0 unspecified atom stereocenters. The molecule has 5 nitrogen and oxygen atoms in total. The summed E-state index contributed by atoms with van der Waals surface area (Å²) in [6.45, 7) is 0.257. The van der Waals surface area contributed by atoms with Crippen molar-refractivity contribution in [3.63, 3.8) is 0 Å². The average molecular weight is 286 g/mol. The van der Waals surface area contributed by atoms with E-state index in [2.05, 4.69) is 9.71 Å². The molecule has 18 heavy (non-hydrogen) atoms. The molecule has 0 aliphatic carbocycles. The fourth-order valence-corrected chi connectivity index (χ4v) is 2.71. The minimum Gasteiger partial charge on any atom is -0.363 e. The molecule has 0 aliphatic heterocycles.